The Morgan fingerprint density at radius 3 is 2.64 bits per heavy atom. The maximum absolute atomic E-state index is 13.3. The van der Waals surface area contributed by atoms with Gasteiger partial charge < -0.3 is 15.4 Å². The zero-order valence-electron chi connectivity index (χ0n) is 13.8. The lowest BCUT2D eigenvalue weighted by Crippen LogP contribution is -2.22. The van der Waals surface area contributed by atoms with E-state index in [1.54, 1.807) is 18.2 Å². The van der Waals surface area contributed by atoms with Crippen LogP contribution in [0.5, 0.6) is 0 Å². The van der Waals surface area contributed by atoms with E-state index in [0.717, 1.165) is 17.5 Å². The van der Waals surface area contributed by atoms with Crippen LogP contribution in [-0.4, -0.2) is 19.1 Å². The standard InChI is InChI=1S/C19H19FN2O3/c1-25-19(24)21-11-12-5-7-15(8-6-12)22-18(23)17-10-16(17)13-3-2-4-14(20)9-13/h2-9,16-17H,10-11H2,1H3,(H,21,24)(H,22,23)/t16-,17-/m1/s1. The van der Waals surface area contributed by atoms with E-state index in [4.69, 9.17) is 0 Å². The maximum Gasteiger partial charge on any atom is 0.407 e. The molecule has 2 aromatic rings. The number of methoxy groups -OCH3 is 1. The van der Waals surface area contributed by atoms with Crippen molar-refractivity contribution in [2.45, 2.75) is 18.9 Å². The Labute approximate surface area is 145 Å². The first-order valence-electron chi connectivity index (χ1n) is 8.04. The first-order valence-corrected chi connectivity index (χ1v) is 8.04. The van der Waals surface area contributed by atoms with E-state index in [0.29, 0.717) is 12.2 Å². The van der Waals surface area contributed by atoms with Gasteiger partial charge in [0.2, 0.25) is 5.91 Å². The molecule has 0 heterocycles. The van der Waals surface area contributed by atoms with Crippen molar-refractivity contribution in [1.29, 1.82) is 0 Å². The fourth-order valence-corrected chi connectivity index (χ4v) is 2.78. The summed E-state index contributed by atoms with van der Waals surface area (Å²) in [6.45, 7) is 0.352. The summed E-state index contributed by atoms with van der Waals surface area (Å²) in [5.41, 5.74) is 2.45. The summed E-state index contributed by atoms with van der Waals surface area (Å²) >= 11 is 0. The normalized spacial score (nSPS) is 18.3. The molecule has 0 saturated heterocycles. The van der Waals surface area contributed by atoms with Gasteiger partial charge >= 0.3 is 6.09 Å². The fraction of sp³-hybridized carbons (Fsp3) is 0.263. The van der Waals surface area contributed by atoms with Gasteiger partial charge in [0.05, 0.1) is 7.11 Å². The molecule has 2 amide bonds. The van der Waals surface area contributed by atoms with E-state index in [9.17, 15) is 14.0 Å². The van der Waals surface area contributed by atoms with E-state index < -0.39 is 6.09 Å². The summed E-state index contributed by atoms with van der Waals surface area (Å²) < 4.78 is 17.8. The average molecular weight is 342 g/mol. The van der Waals surface area contributed by atoms with Crippen LogP contribution in [0, 0.1) is 11.7 Å². The van der Waals surface area contributed by atoms with E-state index in [2.05, 4.69) is 15.4 Å². The Hall–Kier alpha value is -2.89. The predicted molar refractivity (Wildman–Crippen MR) is 91.6 cm³/mol. The van der Waals surface area contributed by atoms with Gasteiger partial charge in [0, 0.05) is 18.2 Å². The van der Waals surface area contributed by atoms with Crippen molar-refractivity contribution >= 4 is 17.7 Å². The van der Waals surface area contributed by atoms with Crippen molar-refractivity contribution in [3.8, 4) is 0 Å². The number of ether oxygens (including phenoxy) is 1. The molecule has 0 bridgehead atoms. The Bertz CT molecular complexity index is 776. The lowest BCUT2D eigenvalue weighted by molar-refractivity contribution is -0.117. The highest BCUT2D eigenvalue weighted by molar-refractivity contribution is 5.95. The smallest absolute Gasteiger partial charge is 0.407 e. The summed E-state index contributed by atoms with van der Waals surface area (Å²) in [5.74, 6) is -0.379. The fourth-order valence-electron chi connectivity index (χ4n) is 2.78. The number of hydrogen-bond donors (Lipinski definition) is 2. The molecule has 5 nitrogen and oxygen atoms in total. The van der Waals surface area contributed by atoms with Gasteiger partial charge in [-0.25, -0.2) is 9.18 Å². The number of benzene rings is 2. The number of alkyl carbamates (subject to hydrolysis) is 1. The lowest BCUT2D eigenvalue weighted by atomic mass is 10.1. The van der Waals surface area contributed by atoms with Gasteiger partial charge in [-0.1, -0.05) is 24.3 Å². The van der Waals surface area contributed by atoms with Crippen LogP contribution < -0.4 is 10.6 Å². The predicted octanol–water partition coefficient (Wildman–Crippen LogP) is 3.42. The highest BCUT2D eigenvalue weighted by Crippen LogP contribution is 2.48. The molecular formula is C19H19FN2O3. The molecule has 130 valence electrons. The molecule has 25 heavy (non-hydrogen) atoms. The van der Waals surface area contributed by atoms with E-state index in [1.165, 1.54) is 19.2 Å². The number of halogens is 1. The van der Waals surface area contributed by atoms with E-state index >= 15 is 0 Å². The molecule has 1 aliphatic carbocycles. The molecule has 6 heteroatoms. The van der Waals surface area contributed by atoms with Crippen molar-refractivity contribution in [3.63, 3.8) is 0 Å². The van der Waals surface area contributed by atoms with Gasteiger partial charge in [-0.05, 0) is 47.7 Å². The van der Waals surface area contributed by atoms with E-state index in [1.807, 2.05) is 18.2 Å². The average Bonchev–Trinajstić information content (AvgIpc) is 3.42. The van der Waals surface area contributed by atoms with Gasteiger partial charge in [0.25, 0.3) is 0 Å². The minimum Gasteiger partial charge on any atom is -0.453 e. The van der Waals surface area contributed by atoms with Crippen LogP contribution >= 0.6 is 0 Å². The van der Waals surface area contributed by atoms with Crippen molar-refractivity contribution in [1.82, 2.24) is 5.32 Å². The number of amides is 2. The van der Waals surface area contributed by atoms with Crippen molar-refractivity contribution in [2.24, 2.45) is 5.92 Å². The molecule has 1 fully saturated rings. The maximum atomic E-state index is 13.3. The van der Waals surface area contributed by atoms with Crippen LogP contribution in [0.2, 0.25) is 0 Å². The molecule has 0 radical (unpaired) electrons. The Balaban J connectivity index is 1.53. The van der Waals surface area contributed by atoms with E-state index in [-0.39, 0.29) is 23.6 Å². The number of carbonyl (C=O) groups is 2. The zero-order valence-corrected chi connectivity index (χ0v) is 13.8. The van der Waals surface area contributed by atoms with Crippen LogP contribution in [-0.2, 0) is 16.1 Å². The molecule has 2 aromatic carbocycles. The van der Waals surface area contributed by atoms with Gasteiger partial charge in [-0.15, -0.1) is 0 Å². The van der Waals surface area contributed by atoms with Crippen LogP contribution in [0.15, 0.2) is 48.5 Å². The number of rotatable bonds is 5. The summed E-state index contributed by atoms with van der Waals surface area (Å²) in [4.78, 5) is 23.3. The molecule has 0 unspecified atom stereocenters. The zero-order chi connectivity index (χ0) is 17.8. The largest absolute Gasteiger partial charge is 0.453 e. The van der Waals surface area contributed by atoms with Crippen LogP contribution in [0.4, 0.5) is 14.9 Å². The third-order valence-corrected chi connectivity index (χ3v) is 4.25. The Morgan fingerprint density at radius 2 is 1.96 bits per heavy atom. The lowest BCUT2D eigenvalue weighted by Gasteiger charge is -2.07. The topological polar surface area (TPSA) is 67.4 Å². The molecule has 1 aliphatic rings. The van der Waals surface area contributed by atoms with Gasteiger partial charge in [-0.2, -0.15) is 0 Å². The summed E-state index contributed by atoms with van der Waals surface area (Å²) in [6.07, 6.45) is 0.241. The van der Waals surface area contributed by atoms with Gasteiger partial charge in [0.1, 0.15) is 5.82 Å². The molecule has 0 aliphatic heterocycles. The molecule has 1 saturated carbocycles. The number of carbonyl (C=O) groups excluding carboxylic acids is 2. The van der Waals surface area contributed by atoms with Crippen LogP contribution in [0.25, 0.3) is 0 Å². The molecular weight excluding hydrogens is 323 g/mol. The highest BCUT2D eigenvalue weighted by Gasteiger charge is 2.44. The summed E-state index contributed by atoms with van der Waals surface area (Å²) in [6, 6.07) is 13.6. The van der Waals surface area contributed by atoms with Crippen molar-refractivity contribution in [2.75, 3.05) is 12.4 Å². The molecule has 0 spiro atoms. The highest BCUT2D eigenvalue weighted by atomic mass is 19.1. The molecule has 2 atom stereocenters. The van der Waals surface area contributed by atoms with Gasteiger partial charge in [-0.3, -0.25) is 4.79 Å². The van der Waals surface area contributed by atoms with Gasteiger partial charge in [0.15, 0.2) is 0 Å². The Kier molecular flexibility index (Phi) is 4.97. The summed E-state index contributed by atoms with van der Waals surface area (Å²) in [7, 11) is 1.31. The third kappa shape index (κ3) is 4.35. The molecule has 3 rings (SSSR count). The second-order valence-electron chi connectivity index (χ2n) is 6.04. The summed E-state index contributed by atoms with van der Waals surface area (Å²) in [5, 5.41) is 5.46. The first kappa shape index (κ1) is 17.0. The third-order valence-electron chi connectivity index (χ3n) is 4.25. The molecule has 0 aromatic heterocycles. The monoisotopic (exact) mass is 342 g/mol. The quantitative estimate of drug-likeness (QED) is 0.875. The van der Waals surface area contributed by atoms with Crippen LogP contribution in [0.1, 0.15) is 23.5 Å². The van der Waals surface area contributed by atoms with Crippen molar-refractivity contribution in [3.05, 3.63) is 65.5 Å². The SMILES string of the molecule is COC(=O)NCc1ccc(NC(=O)[C@@H]2C[C@@H]2c2cccc(F)c2)cc1. The second kappa shape index (κ2) is 7.34. The number of anilines is 1. The first-order chi connectivity index (χ1) is 12.1. The minimum absolute atomic E-state index is 0.0605. The second-order valence-corrected chi connectivity index (χ2v) is 6.04. The number of nitrogens with one attached hydrogen (secondary N) is 2. The molecule has 2 N–H and O–H groups in total. The van der Waals surface area contributed by atoms with Crippen LogP contribution in [0.3, 0.4) is 0 Å². The Morgan fingerprint density at radius 1 is 1.20 bits per heavy atom. The van der Waals surface area contributed by atoms with Crippen molar-refractivity contribution < 1.29 is 18.7 Å². The number of hydrogen-bond acceptors (Lipinski definition) is 3. The minimum atomic E-state index is -0.491.